The third-order valence-electron chi connectivity index (χ3n) is 7.07. The fourth-order valence-corrected chi connectivity index (χ4v) is 5.07. The number of amides is 2. The van der Waals surface area contributed by atoms with Crippen LogP contribution in [0.25, 0.3) is 39.5 Å². The number of hydrogen-bond acceptors (Lipinski definition) is 4. The fraction of sp³-hybridized carbons (Fsp3) is 0.0270. The number of ether oxygens (including phenoxy) is 1. The molecule has 2 amide bonds. The molecule has 1 heterocycles. The maximum atomic E-state index is 13.6. The molecule has 0 atom stereocenters. The van der Waals surface area contributed by atoms with E-state index in [-0.39, 0.29) is 5.70 Å². The normalized spacial score (nSPS) is 11.3. The van der Waals surface area contributed by atoms with Crippen molar-refractivity contribution in [3.63, 3.8) is 0 Å². The largest absolute Gasteiger partial charge is 0.496 e. The van der Waals surface area contributed by atoms with Crippen molar-refractivity contribution in [3.8, 4) is 28.2 Å². The number of rotatable bonds is 8. The Morgan fingerprint density at radius 1 is 0.773 bits per heavy atom. The third kappa shape index (κ3) is 6.11. The van der Waals surface area contributed by atoms with Gasteiger partial charge in [-0.25, -0.2) is 0 Å². The average molecular weight is 599 g/mol. The van der Waals surface area contributed by atoms with Crippen molar-refractivity contribution in [2.45, 2.75) is 0 Å². The SMILES string of the molecule is COc1cc2oc(-c3ccccc3)c(-c3ccccc3)c2cc1/C=C(\NC(=O)c1ccccc1)C(=O)Nc1ccc(Cl)cc1. The molecule has 0 aliphatic carbocycles. The molecule has 6 nitrogen and oxygen atoms in total. The lowest BCUT2D eigenvalue weighted by Gasteiger charge is -2.13. The van der Waals surface area contributed by atoms with Crippen LogP contribution in [-0.2, 0) is 4.79 Å². The van der Waals surface area contributed by atoms with Crippen LogP contribution in [0.2, 0.25) is 5.02 Å². The second-order valence-corrected chi connectivity index (χ2v) is 10.4. The number of benzene rings is 5. The quantitative estimate of drug-likeness (QED) is 0.172. The Hall–Kier alpha value is -5.59. The number of hydrogen-bond donors (Lipinski definition) is 2. The Labute approximate surface area is 259 Å². The molecule has 6 aromatic rings. The molecule has 2 N–H and O–H groups in total. The van der Waals surface area contributed by atoms with Crippen molar-refractivity contribution >= 4 is 46.1 Å². The number of halogens is 1. The summed E-state index contributed by atoms with van der Waals surface area (Å²) in [4.78, 5) is 26.8. The van der Waals surface area contributed by atoms with Gasteiger partial charge >= 0.3 is 0 Å². The molecule has 7 heteroatoms. The predicted octanol–water partition coefficient (Wildman–Crippen LogP) is 8.84. The summed E-state index contributed by atoms with van der Waals surface area (Å²) in [5.41, 5.74) is 4.97. The number of fused-ring (bicyclic) bond motifs is 1. The summed E-state index contributed by atoms with van der Waals surface area (Å²) < 4.78 is 12.2. The maximum absolute atomic E-state index is 13.6. The first kappa shape index (κ1) is 28.5. The molecule has 216 valence electrons. The molecule has 0 bridgehead atoms. The predicted molar refractivity (Wildman–Crippen MR) is 176 cm³/mol. The van der Waals surface area contributed by atoms with Gasteiger partial charge in [0, 0.05) is 44.4 Å². The number of nitrogens with one attached hydrogen (secondary N) is 2. The monoisotopic (exact) mass is 598 g/mol. The summed E-state index contributed by atoms with van der Waals surface area (Å²) in [6, 6.07) is 39.0. The highest BCUT2D eigenvalue weighted by Gasteiger charge is 2.21. The summed E-state index contributed by atoms with van der Waals surface area (Å²) in [6.45, 7) is 0. The van der Waals surface area contributed by atoms with Crippen LogP contribution in [0.4, 0.5) is 5.69 Å². The van der Waals surface area contributed by atoms with Gasteiger partial charge < -0.3 is 19.8 Å². The van der Waals surface area contributed by atoms with Gasteiger partial charge in [-0.15, -0.1) is 0 Å². The molecule has 0 saturated carbocycles. The van der Waals surface area contributed by atoms with E-state index in [1.54, 1.807) is 67.8 Å². The van der Waals surface area contributed by atoms with Gasteiger partial charge in [-0.3, -0.25) is 9.59 Å². The Bertz CT molecular complexity index is 1970. The number of anilines is 1. The zero-order valence-electron chi connectivity index (χ0n) is 23.7. The third-order valence-corrected chi connectivity index (χ3v) is 7.32. The molecule has 44 heavy (non-hydrogen) atoms. The van der Waals surface area contributed by atoms with E-state index in [4.69, 9.17) is 20.8 Å². The van der Waals surface area contributed by atoms with Crippen molar-refractivity contribution in [3.05, 3.63) is 149 Å². The number of furan rings is 1. The lowest BCUT2D eigenvalue weighted by Crippen LogP contribution is -2.30. The Morgan fingerprint density at radius 3 is 2.02 bits per heavy atom. The lowest BCUT2D eigenvalue weighted by atomic mass is 9.97. The average Bonchev–Trinajstić information content (AvgIpc) is 3.44. The number of carbonyl (C=O) groups excluding carboxylic acids is 2. The first-order valence-corrected chi connectivity index (χ1v) is 14.3. The molecular formula is C37H27ClN2O4. The van der Waals surface area contributed by atoms with Crippen LogP contribution in [0, 0.1) is 0 Å². The van der Waals surface area contributed by atoms with Crippen molar-refractivity contribution in [2.24, 2.45) is 0 Å². The summed E-state index contributed by atoms with van der Waals surface area (Å²) >= 11 is 6.03. The van der Waals surface area contributed by atoms with Gasteiger partial charge in [0.25, 0.3) is 11.8 Å². The molecule has 0 spiro atoms. The highest BCUT2D eigenvalue weighted by Crippen LogP contribution is 2.43. The van der Waals surface area contributed by atoms with Crippen molar-refractivity contribution in [1.29, 1.82) is 0 Å². The van der Waals surface area contributed by atoms with Crippen molar-refractivity contribution < 1.29 is 18.7 Å². The van der Waals surface area contributed by atoms with Crippen LogP contribution in [0.5, 0.6) is 5.75 Å². The number of carbonyl (C=O) groups is 2. The molecule has 0 fully saturated rings. The molecule has 0 unspecified atom stereocenters. The van der Waals surface area contributed by atoms with Crippen molar-refractivity contribution in [1.82, 2.24) is 5.32 Å². The summed E-state index contributed by atoms with van der Waals surface area (Å²) in [5.74, 6) is 0.242. The molecular weight excluding hydrogens is 572 g/mol. The van der Waals surface area contributed by atoms with Gasteiger partial charge in [-0.1, -0.05) is 90.5 Å². The van der Waals surface area contributed by atoms with Crippen LogP contribution >= 0.6 is 11.6 Å². The van der Waals surface area contributed by atoms with Crippen LogP contribution in [0.3, 0.4) is 0 Å². The molecule has 0 saturated heterocycles. The Kier molecular flexibility index (Phi) is 8.25. The Balaban J connectivity index is 1.50. The first-order valence-electron chi connectivity index (χ1n) is 13.9. The van der Waals surface area contributed by atoms with E-state index in [1.807, 2.05) is 72.8 Å². The van der Waals surface area contributed by atoms with E-state index in [1.165, 1.54) is 0 Å². The van der Waals surface area contributed by atoms with Gasteiger partial charge in [-0.2, -0.15) is 0 Å². The minimum Gasteiger partial charge on any atom is -0.496 e. The second-order valence-electron chi connectivity index (χ2n) is 9.97. The standard InChI is InChI=1S/C37H27ClN2O4/c1-43-32-23-33-30(34(24-11-5-2-6-12-24)35(44-33)25-13-7-3-8-14-25)21-27(32)22-31(40-36(41)26-15-9-4-10-16-26)37(42)39-29-19-17-28(38)18-20-29/h2-23H,1H3,(H,39,42)(H,40,41)/b31-22-. The van der Waals surface area contributed by atoms with Crippen LogP contribution in [0.15, 0.2) is 138 Å². The molecule has 1 aromatic heterocycles. The smallest absolute Gasteiger partial charge is 0.272 e. The van der Waals surface area contributed by atoms with E-state index >= 15 is 0 Å². The molecule has 0 radical (unpaired) electrons. The van der Waals surface area contributed by atoms with Crippen LogP contribution in [-0.4, -0.2) is 18.9 Å². The highest BCUT2D eigenvalue weighted by atomic mass is 35.5. The van der Waals surface area contributed by atoms with Gasteiger partial charge in [0.05, 0.1) is 7.11 Å². The summed E-state index contributed by atoms with van der Waals surface area (Å²) in [6.07, 6.45) is 1.61. The molecule has 5 aromatic carbocycles. The minimum absolute atomic E-state index is 0.0273. The zero-order valence-corrected chi connectivity index (χ0v) is 24.5. The summed E-state index contributed by atoms with van der Waals surface area (Å²) in [5, 5.41) is 7.01. The summed E-state index contributed by atoms with van der Waals surface area (Å²) in [7, 11) is 1.55. The van der Waals surface area contributed by atoms with E-state index in [0.29, 0.717) is 38.9 Å². The fourth-order valence-electron chi connectivity index (χ4n) is 4.94. The molecule has 0 aliphatic heterocycles. The van der Waals surface area contributed by atoms with Gasteiger partial charge in [0.15, 0.2) is 0 Å². The van der Waals surface area contributed by atoms with Crippen LogP contribution in [0.1, 0.15) is 15.9 Å². The highest BCUT2D eigenvalue weighted by molar-refractivity contribution is 6.30. The van der Waals surface area contributed by atoms with E-state index in [2.05, 4.69) is 10.6 Å². The Morgan fingerprint density at radius 2 is 1.39 bits per heavy atom. The molecule has 6 rings (SSSR count). The maximum Gasteiger partial charge on any atom is 0.272 e. The van der Waals surface area contributed by atoms with E-state index in [0.717, 1.165) is 22.1 Å². The topological polar surface area (TPSA) is 80.6 Å². The number of methoxy groups -OCH3 is 1. The van der Waals surface area contributed by atoms with Crippen molar-refractivity contribution in [2.75, 3.05) is 12.4 Å². The van der Waals surface area contributed by atoms with E-state index < -0.39 is 11.8 Å². The van der Waals surface area contributed by atoms with Gasteiger partial charge in [0.1, 0.15) is 22.8 Å². The lowest BCUT2D eigenvalue weighted by molar-refractivity contribution is -0.113. The molecule has 0 aliphatic rings. The van der Waals surface area contributed by atoms with E-state index in [9.17, 15) is 9.59 Å². The van der Waals surface area contributed by atoms with Gasteiger partial charge in [-0.05, 0) is 54.1 Å². The second kappa shape index (κ2) is 12.7. The van der Waals surface area contributed by atoms with Gasteiger partial charge in [0.2, 0.25) is 0 Å². The van der Waals surface area contributed by atoms with Crippen LogP contribution < -0.4 is 15.4 Å². The first-order chi connectivity index (χ1) is 21.5. The minimum atomic E-state index is -0.515. The zero-order chi connectivity index (χ0) is 30.5.